The molecule has 1 N–H and O–H groups in total. The van der Waals surface area contributed by atoms with Crippen molar-refractivity contribution in [3.63, 3.8) is 0 Å². The summed E-state index contributed by atoms with van der Waals surface area (Å²) in [6, 6.07) is 6.74. The first-order valence-electron chi connectivity index (χ1n) is 6.46. The highest BCUT2D eigenvalue weighted by Gasteiger charge is 2.23. The van der Waals surface area contributed by atoms with E-state index in [2.05, 4.69) is 11.2 Å². The van der Waals surface area contributed by atoms with Gasteiger partial charge in [0.05, 0.1) is 22.9 Å². The van der Waals surface area contributed by atoms with Crippen LogP contribution in [0.4, 0.5) is 0 Å². The number of hydrogen-bond donors (Lipinski definition) is 1. The maximum atomic E-state index is 11.1. The molecule has 2 aromatic rings. The van der Waals surface area contributed by atoms with Crippen molar-refractivity contribution in [1.82, 2.24) is 9.78 Å². The normalized spacial score (nSPS) is 13.0. The molecule has 0 aliphatic carbocycles. The third-order valence-electron chi connectivity index (χ3n) is 3.67. The number of hydrogen-bond acceptors (Lipinski definition) is 3. The molecule has 0 saturated heterocycles. The van der Waals surface area contributed by atoms with Gasteiger partial charge in [0.2, 0.25) is 0 Å². The van der Waals surface area contributed by atoms with E-state index in [9.17, 15) is 10.1 Å². The third-order valence-corrected chi connectivity index (χ3v) is 3.67. The van der Waals surface area contributed by atoms with Crippen molar-refractivity contribution in [2.45, 2.75) is 26.3 Å². The van der Waals surface area contributed by atoms with Crippen LogP contribution in [0.25, 0.3) is 11.1 Å². The van der Waals surface area contributed by atoms with Crippen LogP contribution in [0.1, 0.15) is 33.7 Å². The van der Waals surface area contributed by atoms with E-state index in [0.717, 1.165) is 36.3 Å². The molecule has 0 amide bonds. The SMILES string of the molecule is Cc1nn2c(c1-c1cc(C(=O)O)ccc1C#N)CCC2. The first-order chi connectivity index (χ1) is 9.61. The molecule has 1 aliphatic heterocycles. The highest BCUT2D eigenvalue weighted by Crippen LogP contribution is 2.34. The molecule has 0 radical (unpaired) electrons. The maximum Gasteiger partial charge on any atom is 0.335 e. The Morgan fingerprint density at radius 2 is 2.30 bits per heavy atom. The zero-order valence-corrected chi connectivity index (χ0v) is 11.1. The lowest BCUT2D eigenvalue weighted by Crippen LogP contribution is -1.99. The molecule has 0 spiro atoms. The van der Waals surface area contributed by atoms with Gasteiger partial charge in [-0.15, -0.1) is 0 Å². The number of aromatic nitrogens is 2. The van der Waals surface area contributed by atoms with Gasteiger partial charge in [0.25, 0.3) is 0 Å². The van der Waals surface area contributed by atoms with Crippen LogP contribution in [-0.2, 0) is 13.0 Å². The average molecular weight is 267 g/mol. The van der Waals surface area contributed by atoms with Gasteiger partial charge in [-0.2, -0.15) is 10.4 Å². The van der Waals surface area contributed by atoms with E-state index in [0.29, 0.717) is 11.1 Å². The van der Waals surface area contributed by atoms with E-state index in [4.69, 9.17) is 5.11 Å². The number of carboxylic acids is 1. The zero-order chi connectivity index (χ0) is 14.3. The number of benzene rings is 1. The molecule has 1 aliphatic rings. The first-order valence-corrected chi connectivity index (χ1v) is 6.46. The Morgan fingerprint density at radius 3 is 3.00 bits per heavy atom. The van der Waals surface area contributed by atoms with Crippen LogP contribution >= 0.6 is 0 Å². The molecule has 0 atom stereocenters. The molecule has 1 aromatic carbocycles. The van der Waals surface area contributed by atoms with E-state index < -0.39 is 5.97 Å². The van der Waals surface area contributed by atoms with Crippen LogP contribution in [-0.4, -0.2) is 20.9 Å². The minimum atomic E-state index is -0.989. The number of carboxylic acid groups (broad SMARTS) is 1. The van der Waals surface area contributed by atoms with Gasteiger partial charge >= 0.3 is 5.97 Å². The van der Waals surface area contributed by atoms with E-state index in [1.807, 2.05) is 11.6 Å². The summed E-state index contributed by atoms with van der Waals surface area (Å²) in [5.74, 6) is -0.989. The predicted octanol–water partition coefficient (Wildman–Crippen LogP) is 2.37. The summed E-state index contributed by atoms with van der Waals surface area (Å²) < 4.78 is 1.96. The molecule has 1 aromatic heterocycles. The largest absolute Gasteiger partial charge is 0.478 e. The van der Waals surface area contributed by atoms with Gasteiger partial charge in [-0.1, -0.05) is 0 Å². The lowest BCUT2D eigenvalue weighted by molar-refractivity contribution is 0.0697. The Balaban J connectivity index is 2.26. The second kappa shape index (κ2) is 4.49. The minimum Gasteiger partial charge on any atom is -0.478 e. The highest BCUT2D eigenvalue weighted by molar-refractivity contribution is 5.91. The van der Waals surface area contributed by atoms with Gasteiger partial charge in [0.1, 0.15) is 0 Å². The number of nitrogens with zero attached hydrogens (tertiary/aromatic N) is 3. The lowest BCUT2D eigenvalue weighted by Gasteiger charge is -2.07. The Labute approximate surface area is 116 Å². The highest BCUT2D eigenvalue weighted by atomic mass is 16.4. The summed E-state index contributed by atoms with van der Waals surface area (Å²) in [5, 5.41) is 22.9. The van der Waals surface area contributed by atoms with Crippen molar-refractivity contribution in [2.24, 2.45) is 0 Å². The second-order valence-corrected chi connectivity index (χ2v) is 4.91. The fourth-order valence-electron chi connectivity index (χ4n) is 2.80. The number of rotatable bonds is 2. The fourth-order valence-corrected chi connectivity index (χ4v) is 2.80. The fraction of sp³-hybridized carbons (Fsp3) is 0.267. The van der Waals surface area contributed by atoms with Crippen molar-refractivity contribution in [3.05, 3.63) is 40.7 Å². The standard InChI is InChI=1S/C15H13N3O2/c1-9-14(13-3-2-6-18(13)17-9)12-7-10(15(19)20)4-5-11(12)8-16/h4-5,7H,2-3,6H2,1H3,(H,19,20). The van der Waals surface area contributed by atoms with Crippen molar-refractivity contribution in [1.29, 1.82) is 5.26 Å². The van der Waals surface area contributed by atoms with E-state index in [1.165, 1.54) is 6.07 Å². The molecular formula is C15H13N3O2. The first kappa shape index (κ1) is 12.4. The molecule has 0 unspecified atom stereocenters. The molecule has 100 valence electrons. The number of aryl methyl sites for hydroxylation is 2. The molecule has 5 heteroatoms. The minimum absolute atomic E-state index is 0.191. The van der Waals surface area contributed by atoms with Gasteiger partial charge in [-0.3, -0.25) is 4.68 Å². The Bertz CT molecular complexity index is 753. The molecule has 2 heterocycles. The summed E-state index contributed by atoms with van der Waals surface area (Å²) in [6.45, 7) is 2.78. The monoisotopic (exact) mass is 267 g/mol. The molecular weight excluding hydrogens is 254 g/mol. The van der Waals surface area contributed by atoms with Gasteiger partial charge in [0, 0.05) is 23.4 Å². The summed E-state index contributed by atoms with van der Waals surface area (Å²) in [5.41, 5.74) is 4.22. The van der Waals surface area contributed by atoms with Crippen LogP contribution in [0.15, 0.2) is 18.2 Å². The number of aromatic carboxylic acids is 1. The molecule has 3 rings (SSSR count). The van der Waals surface area contributed by atoms with E-state index >= 15 is 0 Å². The molecule has 20 heavy (non-hydrogen) atoms. The zero-order valence-electron chi connectivity index (χ0n) is 11.1. The Morgan fingerprint density at radius 1 is 1.50 bits per heavy atom. The lowest BCUT2D eigenvalue weighted by atomic mass is 9.95. The van der Waals surface area contributed by atoms with E-state index in [1.54, 1.807) is 12.1 Å². The summed E-state index contributed by atoms with van der Waals surface area (Å²) in [6.07, 6.45) is 1.95. The molecule has 5 nitrogen and oxygen atoms in total. The molecule has 0 saturated carbocycles. The van der Waals surface area contributed by atoms with Crippen LogP contribution in [0, 0.1) is 18.3 Å². The number of fused-ring (bicyclic) bond motifs is 1. The summed E-state index contributed by atoms with van der Waals surface area (Å²) >= 11 is 0. The number of carbonyl (C=O) groups is 1. The van der Waals surface area contributed by atoms with Gasteiger partial charge in [0.15, 0.2) is 0 Å². The van der Waals surface area contributed by atoms with E-state index in [-0.39, 0.29) is 5.56 Å². The van der Waals surface area contributed by atoms with Crippen LogP contribution in [0.3, 0.4) is 0 Å². The second-order valence-electron chi connectivity index (χ2n) is 4.91. The topological polar surface area (TPSA) is 78.9 Å². The summed E-state index contributed by atoms with van der Waals surface area (Å²) in [4.78, 5) is 11.1. The van der Waals surface area contributed by atoms with Crippen molar-refractivity contribution >= 4 is 5.97 Å². The van der Waals surface area contributed by atoms with Crippen molar-refractivity contribution in [2.75, 3.05) is 0 Å². The average Bonchev–Trinajstić information content (AvgIpc) is 2.97. The van der Waals surface area contributed by atoms with Crippen LogP contribution < -0.4 is 0 Å². The number of nitriles is 1. The van der Waals surface area contributed by atoms with Gasteiger partial charge in [-0.25, -0.2) is 4.79 Å². The Hall–Kier alpha value is -2.61. The van der Waals surface area contributed by atoms with Crippen molar-refractivity contribution in [3.8, 4) is 17.2 Å². The summed E-state index contributed by atoms with van der Waals surface area (Å²) in [7, 11) is 0. The maximum absolute atomic E-state index is 11.1. The molecule has 0 bridgehead atoms. The quantitative estimate of drug-likeness (QED) is 0.906. The molecule has 0 fully saturated rings. The van der Waals surface area contributed by atoms with Crippen LogP contribution in [0.2, 0.25) is 0 Å². The van der Waals surface area contributed by atoms with Crippen molar-refractivity contribution < 1.29 is 9.90 Å². The third kappa shape index (κ3) is 1.77. The Kier molecular flexibility index (Phi) is 2.79. The van der Waals surface area contributed by atoms with Gasteiger partial charge in [-0.05, 0) is 38.0 Å². The predicted molar refractivity (Wildman–Crippen MR) is 72.4 cm³/mol. The van der Waals surface area contributed by atoms with Crippen LogP contribution in [0.5, 0.6) is 0 Å². The smallest absolute Gasteiger partial charge is 0.335 e. The van der Waals surface area contributed by atoms with Gasteiger partial charge < -0.3 is 5.11 Å².